The van der Waals surface area contributed by atoms with Gasteiger partial charge in [-0.2, -0.15) is 4.99 Å². The number of hydrogen-bond donors (Lipinski definition) is 2. The van der Waals surface area contributed by atoms with Gasteiger partial charge in [-0.05, 0) is 12.8 Å². The number of nitrogens with two attached hydrogens (primary N) is 1. The van der Waals surface area contributed by atoms with Crippen molar-refractivity contribution in [3.63, 3.8) is 0 Å². The van der Waals surface area contributed by atoms with Crippen LogP contribution in [0, 0.1) is 5.41 Å². The number of nitrogens with zero attached hydrogens (tertiary/aromatic N) is 1. The number of carbonyl (C=O) groups is 2. The summed E-state index contributed by atoms with van der Waals surface area (Å²) in [5.74, 6) is -0.171. The number of nitrogens with one attached hydrogen (secondary N) is 1. The molecular formula is C9H15N3O2. The van der Waals surface area contributed by atoms with Crippen molar-refractivity contribution in [2.24, 2.45) is 16.1 Å². The van der Waals surface area contributed by atoms with Crippen LogP contribution < -0.4 is 11.1 Å². The largest absolute Gasteiger partial charge is 0.386 e. The summed E-state index contributed by atoms with van der Waals surface area (Å²) in [6, 6.07) is -0.660. The molecule has 1 atom stereocenters. The Labute approximate surface area is 82.8 Å². The van der Waals surface area contributed by atoms with Crippen molar-refractivity contribution < 1.29 is 9.59 Å². The summed E-state index contributed by atoms with van der Waals surface area (Å²) >= 11 is 0. The summed E-state index contributed by atoms with van der Waals surface area (Å²) in [6.45, 7) is 3.84. The molecule has 14 heavy (non-hydrogen) atoms. The highest BCUT2D eigenvalue weighted by Gasteiger charge is 2.43. The number of hydrogen-bond acceptors (Lipinski definition) is 3. The molecule has 1 aliphatic heterocycles. The predicted octanol–water partition coefficient (Wildman–Crippen LogP) is 0.790. The Morgan fingerprint density at radius 3 is 2.50 bits per heavy atom. The van der Waals surface area contributed by atoms with E-state index < -0.39 is 11.4 Å². The van der Waals surface area contributed by atoms with Crippen LogP contribution >= 0.6 is 0 Å². The van der Waals surface area contributed by atoms with Gasteiger partial charge in [0.25, 0.3) is 0 Å². The van der Waals surface area contributed by atoms with Crippen LogP contribution in [0.15, 0.2) is 4.99 Å². The van der Waals surface area contributed by atoms with E-state index in [-0.39, 0.29) is 11.7 Å². The summed E-state index contributed by atoms with van der Waals surface area (Å²) in [5.41, 5.74) is 4.88. The van der Waals surface area contributed by atoms with Crippen LogP contribution in [0.25, 0.3) is 0 Å². The minimum Gasteiger partial charge on any atom is -0.386 e. The number of rotatable bonds is 3. The molecule has 3 amide bonds. The van der Waals surface area contributed by atoms with Gasteiger partial charge in [-0.3, -0.25) is 10.1 Å². The number of carbonyl (C=O) groups excluding carboxylic acids is 2. The predicted molar refractivity (Wildman–Crippen MR) is 52.8 cm³/mol. The average molecular weight is 197 g/mol. The molecule has 1 heterocycles. The fraction of sp³-hybridized carbons (Fsp3) is 0.667. The van der Waals surface area contributed by atoms with Gasteiger partial charge in [0.05, 0.1) is 0 Å². The zero-order valence-corrected chi connectivity index (χ0v) is 8.46. The van der Waals surface area contributed by atoms with Crippen LogP contribution in [0.1, 0.15) is 33.1 Å². The van der Waals surface area contributed by atoms with Gasteiger partial charge in [0.15, 0.2) is 0 Å². The van der Waals surface area contributed by atoms with Crippen LogP contribution in [0.2, 0.25) is 0 Å². The molecule has 5 nitrogen and oxygen atoms in total. The third-order valence-corrected chi connectivity index (χ3v) is 2.65. The Hall–Kier alpha value is -1.39. The minimum absolute atomic E-state index is 0.149. The maximum atomic E-state index is 11.7. The Balaban J connectivity index is 3.09. The summed E-state index contributed by atoms with van der Waals surface area (Å²) in [4.78, 5) is 26.2. The van der Waals surface area contributed by atoms with Crippen molar-refractivity contribution in [3.8, 4) is 0 Å². The number of imide groups is 1. The molecule has 78 valence electrons. The molecule has 1 aliphatic rings. The second kappa shape index (κ2) is 3.77. The molecule has 3 N–H and O–H groups in total. The lowest BCUT2D eigenvalue weighted by Crippen LogP contribution is -2.54. The standard InChI is InChI=1S/C9H15N3O2/c1-3-5-9(4-2)6(10)11-8(14)12-7(9)13/h3-5H2,1-2H3,(H3,10,11,12,13,14)/t9-/m0/s1. The normalized spacial score (nSPS) is 27.1. The van der Waals surface area contributed by atoms with Crippen molar-refractivity contribution in [3.05, 3.63) is 0 Å². The van der Waals surface area contributed by atoms with E-state index in [1.165, 1.54) is 0 Å². The third kappa shape index (κ3) is 1.49. The highest BCUT2D eigenvalue weighted by molar-refractivity contribution is 6.18. The van der Waals surface area contributed by atoms with Crippen LogP contribution in [0.3, 0.4) is 0 Å². The first kappa shape index (κ1) is 10.7. The first-order chi connectivity index (χ1) is 6.56. The molecule has 0 aromatic rings. The molecule has 0 saturated carbocycles. The summed E-state index contributed by atoms with van der Waals surface area (Å²) in [6.07, 6.45) is 2.01. The van der Waals surface area contributed by atoms with E-state index in [2.05, 4.69) is 10.3 Å². The van der Waals surface area contributed by atoms with Gasteiger partial charge < -0.3 is 5.73 Å². The van der Waals surface area contributed by atoms with Gasteiger partial charge in [-0.25, -0.2) is 4.79 Å². The van der Waals surface area contributed by atoms with E-state index in [0.29, 0.717) is 12.8 Å². The lowest BCUT2D eigenvalue weighted by molar-refractivity contribution is -0.127. The van der Waals surface area contributed by atoms with Crippen molar-refractivity contribution in [1.29, 1.82) is 0 Å². The SMILES string of the molecule is CCC[C@]1(CC)C(=O)NC(=O)N=C1N. The van der Waals surface area contributed by atoms with E-state index in [1.54, 1.807) is 0 Å². The Bertz CT molecular complexity index is 298. The molecule has 0 aromatic carbocycles. The molecular weight excluding hydrogens is 182 g/mol. The fourth-order valence-corrected chi connectivity index (χ4v) is 1.76. The maximum absolute atomic E-state index is 11.7. The quantitative estimate of drug-likeness (QED) is 0.701. The molecule has 0 saturated heterocycles. The fourth-order valence-electron chi connectivity index (χ4n) is 1.76. The lowest BCUT2D eigenvalue weighted by Gasteiger charge is -2.32. The highest BCUT2D eigenvalue weighted by Crippen LogP contribution is 2.30. The highest BCUT2D eigenvalue weighted by atomic mass is 16.2. The van der Waals surface area contributed by atoms with Gasteiger partial charge in [0.1, 0.15) is 11.3 Å². The van der Waals surface area contributed by atoms with Crippen molar-refractivity contribution in [2.45, 2.75) is 33.1 Å². The first-order valence-corrected chi connectivity index (χ1v) is 4.77. The van der Waals surface area contributed by atoms with E-state index in [4.69, 9.17) is 5.73 Å². The molecule has 0 spiro atoms. The summed E-state index contributed by atoms with van der Waals surface area (Å²) in [5, 5.41) is 2.19. The maximum Gasteiger partial charge on any atom is 0.349 e. The summed E-state index contributed by atoms with van der Waals surface area (Å²) in [7, 11) is 0. The van der Waals surface area contributed by atoms with Crippen LogP contribution in [0.4, 0.5) is 4.79 Å². The van der Waals surface area contributed by atoms with Crippen LogP contribution in [-0.2, 0) is 4.79 Å². The Morgan fingerprint density at radius 1 is 1.43 bits per heavy atom. The number of urea groups is 1. The van der Waals surface area contributed by atoms with E-state index >= 15 is 0 Å². The van der Waals surface area contributed by atoms with Gasteiger partial charge in [0, 0.05) is 0 Å². The second-order valence-electron chi connectivity index (χ2n) is 3.44. The second-order valence-corrected chi connectivity index (χ2v) is 3.44. The van der Waals surface area contributed by atoms with E-state index in [9.17, 15) is 9.59 Å². The molecule has 0 aromatic heterocycles. The third-order valence-electron chi connectivity index (χ3n) is 2.65. The van der Waals surface area contributed by atoms with Crippen molar-refractivity contribution in [1.82, 2.24) is 5.32 Å². The Morgan fingerprint density at radius 2 is 2.07 bits per heavy atom. The van der Waals surface area contributed by atoms with E-state index in [0.717, 1.165) is 6.42 Å². The number of aliphatic imine (C=N–C) groups is 1. The number of amidine groups is 1. The minimum atomic E-state index is -0.775. The van der Waals surface area contributed by atoms with Gasteiger partial charge in [-0.1, -0.05) is 20.3 Å². The molecule has 5 heteroatoms. The number of amides is 3. The molecule has 0 fully saturated rings. The topological polar surface area (TPSA) is 84.5 Å². The smallest absolute Gasteiger partial charge is 0.349 e. The zero-order chi connectivity index (χ0) is 10.8. The monoisotopic (exact) mass is 197 g/mol. The molecule has 1 rings (SSSR count). The van der Waals surface area contributed by atoms with Gasteiger partial charge >= 0.3 is 6.03 Å². The van der Waals surface area contributed by atoms with Gasteiger partial charge in [0.2, 0.25) is 5.91 Å². The Kier molecular flexibility index (Phi) is 2.88. The molecule has 0 bridgehead atoms. The molecule has 0 aliphatic carbocycles. The van der Waals surface area contributed by atoms with Gasteiger partial charge in [-0.15, -0.1) is 0 Å². The summed E-state index contributed by atoms with van der Waals surface area (Å²) < 4.78 is 0. The van der Waals surface area contributed by atoms with Crippen LogP contribution in [-0.4, -0.2) is 17.8 Å². The molecule has 0 unspecified atom stereocenters. The lowest BCUT2D eigenvalue weighted by atomic mass is 9.78. The van der Waals surface area contributed by atoms with Crippen molar-refractivity contribution >= 4 is 17.8 Å². The molecule has 0 radical (unpaired) electrons. The zero-order valence-electron chi connectivity index (χ0n) is 8.46. The average Bonchev–Trinajstić information content (AvgIpc) is 2.11. The van der Waals surface area contributed by atoms with Crippen LogP contribution in [0.5, 0.6) is 0 Å². The van der Waals surface area contributed by atoms with Crippen molar-refractivity contribution in [2.75, 3.05) is 0 Å². The van der Waals surface area contributed by atoms with E-state index in [1.807, 2.05) is 13.8 Å². The first-order valence-electron chi connectivity index (χ1n) is 4.77.